The van der Waals surface area contributed by atoms with Gasteiger partial charge in [0.1, 0.15) is 5.82 Å². The Kier molecular flexibility index (Phi) is 5.20. The number of aromatic nitrogens is 2. The number of imidazole rings is 1. The lowest BCUT2D eigenvalue weighted by atomic mass is 9.94. The monoisotopic (exact) mass is 401 g/mol. The summed E-state index contributed by atoms with van der Waals surface area (Å²) in [6, 6.07) is 13.4. The molecule has 4 aromatic rings. The zero-order valence-corrected chi connectivity index (χ0v) is 18.1. The maximum Gasteiger partial charge on any atom is 0.287 e. The highest BCUT2D eigenvalue weighted by atomic mass is 16.3. The smallest absolute Gasteiger partial charge is 0.287 e. The van der Waals surface area contributed by atoms with Gasteiger partial charge in [-0.3, -0.25) is 4.79 Å². The quantitative estimate of drug-likeness (QED) is 0.487. The molecule has 1 N–H and O–H groups in total. The van der Waals surface area contributed by atoms with Gasteiger partial charge in [0.25, 0.3) is 5.91 Å². The van der Waals surface area contributed by atoms with E-state index in [4.69, 9.17) is 9.40 Å². The van der Waals surface area contributed by atoms with Gasteiger partial charge in [0, 0.05) is 6.54 Å². The van der Waals surface area contributed by atoms with Gasteiger partial charge in [-0.1, -0.05) is 18.2 Å². The molecule has 0 saturated carbocycles. The van der Waals surface area contributed by atoms with Crippen molar-refractivity contribution >= 4 is 16.9 Å². The minimum Gasteiger partial charge on any atom is -0.459 e. The van der Waals surface area contributed by atoms with Gasteiger partial charge in [-0.2, -0.15) is 0 Å². The predicted molar refractivity (Wildman–Crippen MR) is 119 cm³/mol. The van der Waals surface area contributed by atoms with E-state index in [-0.39, 0.29) is 11.9 Å². The summed E-state index contributed by atoms with van der Waals surface area (Å²) >= 11 is 0. The number of carbonyl (C=O) groups excluding carboxylic acids is 1. The molecule has 0 saturated heterocycles. The number of fused-ring (bicyclic) bond motifs is 1. The molecular weight excluding hydrogens is 374 g/mol. The van der Waals surface area contributed by atoms with E-state index < -0.39 is 0 Å². The third-order valence-electron chi connectivity index (χ3n) is 6.00. The lowest BCUT2D eigenvalue weighted by Crippen LogP contribution is -2.28. The van der Waals surface area contributed by atoms with Crippen LogP contribution in [0.3, 0.4) is 0 Å². The Hall–Kier alpha value is -3.34. The highest BCUT2D eigenvalue weighted by molar-refractivity contribution is 5.91. The lowest BCUT2D eigenvalue weighted by molar-refractivity contribution is 0.0909. The molecule has 4 rings (SSSR count). The molecule has 2 aromatic heterocycles. The molecule has 0 aliphatic heterocycles. The van der Waals surface area contributed by atoms with Crippen LogP contribution in [-0.4, -0.2) is 15.5 Å². The summed E-state index contributed by atoms with van der Waals surface area (Å²) in [6.07, 6.45) is 1.50. The molecule has 5 nitrogen and oxygen atoms in total. The third-order valence-corrected chi connectivity index (χ3v) is 6.00. The van der Waals surface area contributed by atoms with Gasteiger partial charge in [0.15, 0.2) is 5.76 Å². The molecule has 0 radical (unpaired) electrons. The van der Waals surface area contributed by atoms with E-state index in [1.807, 2.05) is 25.1 Å². The predicted octanol–water partition coefficient (Wildman–Crippen LogP) is 5.40. The molecule has 1 unspecified atom stereocenters. The molecule has 2 heterocycles. The second kappa shape index (κ2) is 7.82. The van der Waals surface area contributed by atoms with Crippen LogP contribution in [0.1, 0.15) is 57.2 Å². The number of hydrogen-bond acceptors (Lipinski definition) is 3. The summed E-state index contributed by atoms with van der Waals surface area (Å²) in [4.78, 5) is 17.4. The largest absolute Gasteiger partial charge is 0.459 e. The second-order valence-corrected chi connectivity index (χ2v) is 7.96. The Morgan fingerprint density at radius 3 is 2.43 bits per heavy atom. The molecule has 1 amide bonds. The van der Waals surface area contributed by atoms with Crippen molar-refractivity contribution in [1.29, 1.82) is 0 Å². The van der Waals surface area contributed by atoms with Gasteiger partial charge in [0.2, 0.25) is 0 Å². The number of carbonyl (C=O) groups is 1. The molecule has 30 heavy (non-hydrogen) atoms. The SMILES string of the molecule is Cc1cc(C)c(C)c(Cn2c(C(C)NC(=O)c3ccco3)nc3ccccc32)c1C. The Bertz CT molecular complexity index is 1190. The van der Waals surface area contributed by atoms with Crippen LogP contribution in [0.25, 0.3) is 11.0 Å². The van der Waals surface area contributed by atoms with E-state index >= 15 is 0 Å². The fraction of sp³-hybridized carbons (Fsp3) is 0.280. The van der Waals surface area contributed by atoms with Gasteiger partial charge in [-0.15, -0.1) is 0 Å². The zero-order chi connectivity index (χ0) is 21.4. The number of nitrogens with zero attached hydrogens (tertiary/aromatic N) is 2. The third kappa shape index (κ3) is 3.52. The molecule has 2 aromatic carbocycles. The number of amides is 1. The van der Waals surface area contributed by atoms with Crippen LogP contribution >= 0.6 is 0 Å². The molecular formula is C25H27N3O2. The van der Waals surface area contributed by atoms with Crippen molar-refractivity contribution in [3.63, 3.8) is 0 Å². The summed E-state index contributed by atoms with van der Waals surface area (Å²) in [5, 5.41) is 3.02. The van der Waals surface area contributed by atoms with Crippen LogP contribution in [-0.2, 0) is 6.54 Å². The second-order valence-electron chi connectivity index (χ2n) is 7.96. The number of aryl methyl sites for hydroxylation is 2. The van der Waals surface area contributed by atoms with E-state index in [2.05, 4.69) is 49.7 Å². The molecule has 0 aliphatic carbocycles. The van der Waals surface area contributed by atoms with Crippen LogP contribution in [0.2, 0.25) is 0 Å². The summed E-state index contributed by atoms with van der Waals surface area (Å²) in [5.41, 5.74) is 8.47. The first kappa shape index (κ1) is 20.0. The van der Waals surface area contributed by atoms with Crippen molar-refractivity contribution in [1.82, 2.24) is 14.9 Å². The van der Waals surface area contributed by atoms with Crippen LogP contribution in [0, 0.1) is 27.7 Å². The van der Waals surface area contributed by atoms with Crippen molar-refractivity contribution in [2.45, 2.75) is 47.2 Å². The maximum atomic E-state index is 12.5. The topological polar surface area (TPSA) is 60.1 Å². The fourth-order valence-electron chi connectivity index (χ4n) is 4.02. The molecule has 5 heteroatoms. The van der Waals surface area contributed by atoms with Crippen LogP contribution in [0.4, 0.5) is 0 Å². The summed E-state index contributed by atoms with van der Waals surface area (Å²) in [7, 11) is 0. The number of benzene rings is 2. The van der Waals surface area contributed by atoms with E-state index in [1.165, 1.54) is 34.1 Å². The number of para-hydroxylation sites is 2. The number of nitrogens with one attached hydrogen (secondary N) is 1. The van der Waals surface area contributed by atoms with E-state index in [0.717, 1.165) is 16.9 Å². The Morgan fingerprint density at radius 1 is 1.07 bits per heavy atom. The summed E-state index contributed by atoms with van der Waals surface area (Å²) in [5.74, 6) is 0.879. The van der Waals surface area contributed by atoms with Crippen molar-refractivity contribution in [3.05, 3.63) is 88.1 Å². The summed E-state index contributed by atoms with van der Waals surface area (Å²) in [6.45, 7) is 11.3. The first-order chi connectivity index (χ1) is 14.4. The molecule has 0 spiro atoms. The zero-order valence-electron chi connectivity index (χ0n) is 18.1. The molecule has 154 valence electrons. The average molecular weight is 402 g/mol. The maximum absolute atomic E-state index is 12.5. The van der Waals surface area contributed by atoms with E-state index in [0.29, 0.717) is 12.3 Å². The van der Waals surface area contributed by atoms with E-state index in [9.17, 15) is 4.79 Å². The molecule has 1 atom stereocenters. The van der Waals surface area contributed by atoms with Crippen molar-refractivity contribution < 1.29 is 9.21 Å². The highest BCUT2D eigenvalue weighted by Crippen LogP contribution is 2.27. The lowest BCUT2D eigenvalue weighted by Gasteiger charge is -2.20. The van der Waals surface area contributed by atoms with Crippen molar-refractivity contribution in [2.75, 3.05) is 0 Å². The van der Waals surface area contributed by atoms with Gasteiger partial charge < -0.3 is 14.3 Å². The fourth-order valence-corrected chi connectivity index (χ4v) is 4.02. The average Bonchev–Trinajstić information content (AvgIpc) is 3.38. The van der Waals surface area contributed by atoms with Crippen LogP contribution in [0.5, 0.6) is 0 Å². The Balaban J connectivity index is 1.77. The van der Waals surface area contributed by atoms with E-state index in [1.54, 1.807) is 12.1 Å². The Labute approximate surface area is 176 Å². The number of furan rings is 1. The van der Waals surface area contributed by atoms with Crippen LogP contribution < -0.4 is 5.32 Å². The molecule has 0 aliphatic rings. The van der Waals surface area contributed by atoms with Gasteiger partial charge in [0.05, 0.1) is 23.3 Å². The number of hydrogen-bond donors (Lipinski definition) is 1. The minimum atomic E-state index is -0.276. The highest BCUT2D eigenvalue weighted by Gasteiger charge is 2.21. The Morgan fingerprint density at radius 2 is 1.77 bits per heavy atom. The molecule has 0 fully saturated rings. The summed E-state index contributed by atoms with van der Waals surface area (Å²) < 4.78 is 7.45. The standard InChI is InChI=1S/C25H27N3O2/c1-15-13-16(2)18(4)20(17(15)3)14-28-22-10-7-6-9-21(22)27-24(28)19(5)26-25(29)23-11-8-12-30-23/h6-13,19H,14H2,1-5H3,(H,26,29). The normalized spacial score (nSPS) is 12.3. The minimum absolute atomic E-state index is 0.245. The first-order valence-corrected chi connectivity index (χ1v) is 10.2. The van der Waals surface area contributed by atoms with Crippen molar-refractivity contribution in [3.8, 4) is 0 Å². The van der Waals surface area contributed by atoms with Gasteiger partial charge in [-0.25, -0.2) is 4.98 Å². The molecule has 0 bridgehead atoms. The number of rotatable bonds is 5. The van der Waals surface area contributed by atoms with Crippen molar-refractivity contribution in [2.24, 2.45) is 0 Å². The van der Waals surface area contributed by atoms with Crippen LogP contribution in [0.15, 0.2) is 53.1 Å². The first-order valence-electron chi connectivity index (χ1n) is 10.2. The van der Waals surface area contributed by atoms with Gasteiger partial charge in [-0.05, 0) is 86.7 Å². The van der Waals surface area contributed by atoms with Gasteiger partial charge >= 0.3 is 0 Å².